The highest BCUT2D eigenvalue weighted by molar-refractivity contribution is 5.91. The van der Waals surface area contributed by atoms with E-state index in [9.17, 15) is 4.79 Å². The number of furan rings is 1. The Labute approximate surface area is 102 Å². The molecule has 0 saturated heterocycles. The molecule has 0 spiro atoms. The first-order chi connectivity index (χ1) is 8.00. The molecule has 1 aromatic heterocycles. The zero-order chi connectivity index (χ0) is 12.8. The highest BCUT2D eigenvalue weighted by atomic mass is 16.4. The predicted octanol–water partition coefficient (Wildman–Crippen LogP) is 0.981. The molecule has 0 saturated carbocycles. The topological polar surface area (TPSA) is 71.5 Å². The first kappa shape index (κ1) is 13.7. The molecule has 1 amide bonds. The van der Waals surface area contributed by atoms with Crippen molar-refractivity contribution in [1.29, 1.82) is 0 Å². The van der Waals surface area contributed by atoms with Crippen molar-refractivity contribution in [3.05, 3.63) is 23.7 Å². The molecule has 0 aliphatic carbocycles. The Morgan fingerprint density at radius 3 is 2.76 bits per heavy atom. The van der Waals surface area contributed by atoms with Crippen LogP contribution in [0.3, 0.4) is 0 Å². The number of hydrogen-bond acceptors (Lipinski definition) is 4. The van der Waals surface area contributed by atoms with E-state index in [2.05, 4.69) is 10.2 Å². The normalized spacial score (nSPS) is 12.8. The minimum Gasteiger partial charge on any atom is -0.454 e. The van der Waals surface area contributed by atoms with E-state index in [1.54, 1.807) is 12.1 Å². The van der Waals surface area contributed by atoms with E-state index in [4.69, 9.17) is 10.2 Å². The first-order valence-electron chi connectivity index (χ1n) is 5.79. The zero-order valence-corrected chi connectivity index (χ0v) is 10.7. The van der Waals surface area contributed by atoms with E-state index in [0.717, 1.165) is 13.0 Å². The molecule has 0 bridgehead atoms. The van der Waals surface area contributed by atoms with Crippen molar-refractivity contribution in [2.45, 2.75) is 19.4 Å². The third kappa shape index (κ3) is 4.58. The fourth-order valence-electron chi connectivity index (χ4n) is 1.40. The quantitative estimate of drug-likeness (QED) is 0.726. The predicted molar refractivity (Wildman–Crippen MR) is 66.8 cm³/mol. The van der Waals surface area contributed by atoms with Crippen LogP contribution in [0.15, 0.2) is 16.5 Å². The van der Waals surface area contributed by atoms with Gasteiger partial charge in [0.25, 0.3) is 5.91 Å². The Kier molecular flexibility index (Phi) is 5.18. The van der Waals surface area contributed by atoms with Crippen LogP contribution in [0.5, 0.6) is 0 Å². The lowest BCUT2D eigenvalue weighted by atomic mass is 10.3. The van der Waals surface area contributed by atoms with Crippen molar-refractivity contribution in [2.24, 2.45) is 5.73 Å². The van der Waals surface area contributed by atoms with Crippen LogP contribution in [-0.4, -0.2) is 38.0 Å². The lowest BCUT2D eigenvalue weighted by Gasteiger charge is -2.09. The third-order valence-corrected chi connectivity index (χ3v) is 2.37. The van der Waals surface area contributed by atoms with E-state index >= 15 is 0 Å². The summed E-state index contributed by atoms with van der Waals surface area (Å²) in [5.74, 6) is 0.765. The van der Waals surface area contributed by atoms with Gasteiger partial charge in [0.1, 0.15) is 5.76 Å². The van der Waals surface area contributed by atoms with Gasteiger partial charge in [0.2, 0.25) is 0 Å². The molecule has 3 N–H and O–H groups in total. The van der Waals surface area contributed by atoms with E-state index in [0.29, 0.717) is 18.1 Å². The standard InChI is InChI=1S/C12H21N3O2/c1-9(13)10-5-6-11(17-10)12(16)14-7-4-8-15(2)3/h5-6,9H,4,7-8,13H2,1-3H3,(H,14,16). The summed E-state index contributed by atoms with van der Waals surface area (Å²) >= 11 is 0. The number of amides is 1. The minimum atomic E-state index is -0.190. The zero-order valence-electron chi connectivity index (χ0n) is 10.7. The highest BCUT2D eigenvalue weighted by Gasteiger charge is 2.12. The van der Waals surface area contributed by atoms with Crippen LogP contribution in [0.1, 0.15) is 35.7 Å². The number of nitrogens with zero attached hydrogens (tertiary/aromatic N) is 1. The molecule has 0 aromatic carbocycles. The number of carbonyl (C=O) groups excluding carboxylic acids is 1. The Bertz CT molecular complexity index is 358. The number of nitrogens with two attached hydrogens (primary N) is 1. The third-order valence-electron chi connectivity index (χ3n) is 2.37. The van der Waals surface area contributed by atoms with Crippen molar-refractivity contribution in [2.75, 3.05) is 27.2 Å². The van der Waals surface area contributed by atoms with Crippen molar-refractivity contribution < 1.29 is 9.21 Å². The molecule has 0 aliphatic rings. The maximum atomic E-state index is 11.7. The van der Waals surface area contributed by atoms with Crippen molar-refractivity contribution in [3.63, 3.8) is 0 Å². The fourth-order valence-corrected chi connectivity index (χ4v) is 1.40. The van der Waals surface area contributed by atoms with Gasteiger partial charge in [0, 0.05) is 6.54 Å². The Balaban J connectivity index is 2.36. The molecule has 1 heterocycles. The Morgan fingerprint density at radius 1 is 1.53 bits per heavy atom. The molecule has 0 radical (unpaired) electrons. The highest BCUT2D eigenvalue weighted by Crippen LogP contribution is 2.13. The van der Waals surface area contributed by atoms with E-state index in [-0.39, 0.29) is 11.9 Å². The van der Waals surface area contributed by atoms with E-state index in [1.807, 2.05) is 21.0 Å². The average molecular weight is 239 g/mol. The van der Waals surface area contributed by atoms with Gasteiger partial charge >= 0.3 is 0 Å². The second-order valence-corrected chi connectivity index (χ2v) is 4.40. The van der Waals surface area contributed by atoms with Crippen LogP contribution in [0.2, 0.25) is 0 Å². The summed E-state index contributed by atoms with van der Waals surface area (Å²) in [4.78, 5) is 13.7. The van der Waals surface area contributed by atoms with Gasteiger partial charge in [-0.3, -0.25) is 4.79 Å². The van der Waals surface area contributed by atoms with Gasteiger partial charge in [0.05, 0.1) is 6.04 Å². The first-order valence-corrected chi connectivity index (χ1v) is 5.79. The second-order valence-electron chi connectivity index (χ2n) is 4.40. The lowest BCUT2D eigenvalue weighted by Crippen LogP contribution is -2.26. The number of rotatable bonds is 6. The fraction of sp³-hybridized carbons (Fsp3) is 0.583. The molecule has 96 valence electrons. The molecule has 1 rings (SSSR count). The molecule has 1 aromatic rings. The summed E-state index contributed by atoms with van der Waals surface area (Å²) in [6, 6.07) is 3.20. The Morgan fingerprint density at radius 2 is 2.24 bits per heavy atom. The van der Waals surface area contributed by atoms with Gasteiger partial charge in [-0.2, -0.15) is 0 Å². The SMILES string of the molecule is CC(N)c1ccc(C(=O)NCCCN(C)C)o1. The van der Waals surface area contributed by atoms with Crippen LogP contribution >= 0.6 is 0 Å². The van der Waals surface area contributed by atoms with E-state index < -0.39 is 0 Å². The maximum Gasteiger partial charge on any atom is 0.286 e. The van der Waals surface area contributed by atoms with Gasteiger partial charge in [-0.15, -0.1) is 0 Å². The van der Waals surface area contributed by atoms with Crippen LogP contribution in [-0.2, 0) is 0 Å². The monoisotopic (exact) mass is 239 g/mol. The molecule has 0 aliphatic heterocycles. The van der Waals surface area contributed by atoms with Gasteiger partial charge < -0.3 is 20.4 Å². The minimum absolute atomic E-state index is 0.185. The average Bonchev–Trinajstić information content (AvgIpc) is 2.73. The summed E-state index contributed by atoms with van der Waals surface area (Å²) in [6.45, 7) is 3.41. The van der Waals surface area contributed by atoms with Crippen LogP contribution in [0, 0.1) is 0 Å². The molecular weight excluding hydrogens is 218 g/mol. The van der Waals surface area contributed by atoms with Crippen molar-refractivity contribution in [1.82, 2.24) is 10.2 Å². The summed E-state index contributed by atoms with van der Waals surface area (Å²) in [6.07, 6.45) is 0.916. The Hall–Kier alpha value is -1.33. The van der Waals surface area contributed by atoms with Gasteiger partial charge in [0.15, 0.2) is 5.76 Å². The summed E-state index contributed by atoms with van der Waals surface area (Å²) < 4.78 is 5.34. The van der Waals surface area contributed by atoms with Gasteiger partial charge in [-0.1, -0.05) is 0 Å². The second kappa shape index (κ2) is 6.42. The summed E-state index contributed by atoms with van der Waals surface area (Å²) in [5.41, 5.74) is 5.65. The van der Waals surface area contributed by atoms with Crippen LogP contribution < -0.4 is 11.1 Å². The molecule has 5 heteroatoms. The largest absolute Gasteiger partial charge is 0.454 e. The molecule has 5 nitrogen and oxygen atoms in total. The number of carbonyl (C=O) groups is 1. The lowest BCUT2D eigenvalue weighted by molar-refractivity contribution is 0.0922. The van der Waals surface area contributed by atoms with Crippen molar-refractivity contribution in [3.8, 4) is 0 Å². The van der Waals surface area contributed by atoms with E-state index in [1.165, 1.54) is 0 Å². The van der Waals surface area contributed by atoms with Crippen LogP contribution in [0.4, 0.5) is 0 Å². The molecule has 0 fully saturated rings. The smallest absolute Gasteiger partial charge is 0.286 e. The van der Waals surface area contributed by atoms with Gasteiger partial charge in [-0.05, 0) is 46.1 Å². The summed E-state index contributed by atoms with van der Waals surface area (Å²) in [5, 5.41) is 2.81. The van der Waals surface area contributed by atoms with Gasteiger partial charge in [-0.25, -0.2) is 0 Å². The summed E-state index contributed by atoms with van der Waals surface area (Å²) in [7, 11) is 4.01. The molecule has 1 atom stereocenters. The maximum absolute atomic E-state index is 11.7. The molecule has 1 unspecified atom stereocenters. The van der Waals surface area contributed by atoms with Crippen LogP contribution in [0.25, 0.3) is 0 Å². The number of nitrogens with one attached hydrogen (secondary N) is 1. The molecule has 17 heavy (non-hydrogen) atoms. The van der Waals surface area contributed by atoms with Crippen molar-refractivity contribution >= 4 is 5.91 Å². The molecular formula is C12H21N3O2. The number of hydrogen-bond donors (Lipinski definition) is 2.